The van der Waals surface area contributed by atoms with Gasteiger partial charge in [-0.2, -0.15) is 0 Å². The largest absolute Gasteiger partial charge is 0.355 e. The summed E-state index contributed by atoms with van der Waals surface area (Å²) in [6.45, 7) is 4.08. The van der Waals surface area contributed by atoms with Crippen LogP contribution in [0.2, 0.25) is 0 Å². The van der Waals surface area contributed by atoms with Gasteiger partial charge in [0.05, 0.1) is 6.04 Å². The van der Waals surface area contributed by atoms with Gasteiger partial charge in [-0.25, -0.2) is 0 Å². The van der Waals surface area contributed by atoms with Crippen LogP contribution in [0, 0.1) is 0 Å². The second kappa shape index (κ2) is 6.42. The summed E-state index contributed by atoms with van der Waals surface area (Å²) in [6.07, 6.45) is 4.40. The van der Waals surface area contributed by atoms with E-state index in [-0.39, 0.29) is 18.0 Å². The SMILES string of the molecule is CCNC(=O)[C@@H]1C[C@@H](N)CN1Cc1cccc2cnccc12. The van der Waals surface area contributed by atoms with E-state index in [1.54, 1.807) is 0 Å². The number of nitrogens with one attached hydrogen (secondary N) is 1. The first-order valence-electron chi connectivity index (χ1n) is 7.78. The zero-order chi connectivity index (χ0) is 15.5. The number of carbonyl (C=O) groups excluding carboxylic acids is 1. The smallest absolute Gasteiger partial charge is 0.237 e. The van der Waals surface area contributed by atoms with Crippen LogP contribution in [0.4, 0.5) is 0 Å². The molecule has 0 bridgehead atoms. The van der Waals surface area contributed by atoms with E-state index in [1.165, 1.54) is 10.9 Å². The van der Waals surface area contributed by atoms with Gasteiger partial charge in [0.2, 0.25) is 5.91 Å². The molecule has 1 aliphatic rings. The van der Waals surface area contributed by atoms with Crippen molar-refractivity contribution >= 4 is 16.7 Å². The fourth-order valence-corrected chi connectivity index (χ4v) is 3.22. The van der Waals surface area contributed by atoms with Crippen LogP contribution < -0.4 is 11.1 Å². The van der Waals surface area contributed by atoms with Gasteiger partial charge in [-0.3, -0.25) is 14.7 Å². The van der Waals surface area contributed by atoms with Crippen LogP contribution in [0.5, 0.6) is 0 Å². The molecule has 2 atom stereocenters. The van der Waals surface area contributed by atoms with Gasteiger partial charge in [-0.15, -0.1) is 0 Å². The van der Waals surface area contributed by atoms with E-state index < -0.39 is 0 Å². The van der Waals surface area contributed by atoms with Crippen molar-refractivity contribution in [1.29, 1.82) is 0 Å². The third kappa shape index (κ3) is 2.96. The van der Waals surface area contributed by atoms with Gasteiger partial charge in [-0.05, 0) is 30.4 Å². The molecule has 1 amide bonds. The Kier molecular flexibility index (Phi) is 4.36. The van der Waals surface area contributed by atoms with E-state index in [4.69, 9.17) is 5.73 Å². The lowest BCUT2D eigenvalue weighted by Crippen LogP contribution is -2.42. The number of carbonyl (C=O) groups is 1. The van der Waals surface area contributed by atoms with Crippen LogP contribution >= 0.6 is 0 Å². The van der Waals surface area contributed by atoms with Gasteiger partial charge in [0.25, 0.3) is 0 Å². The highest BCUT2D eigenvalue weighted by Crippen LogP contribution is 2.24. The molecule has 1 aliphatic heterocycles. The average Bonchev–Trinajstić information content (AvgIpc) is 2.89. The van der Waals surface area contributed by atoms with Crippen LogP contribution in [0.3, 0.4) is 0 Å². The third-order valence-electron chi connectivity index (χ3n) is 4.23. The Morgan fingerprint density at radius 3 is 3.14 bits per heavy atom. The zero-order valence-corrected chi connectivity index (χ0v) is 12.8. The van der Waals surface area contributed by atoms with Crippen LogP contribution in [-0.2, 0) is 11.3 Å². The molecule has 1 fully saturated rings. The van der Waals surface area contributed by atoms with Crippen LogP contribution in [-0.4, -0.2) is 41.0 Å². The summed E-state index contributed by atoms with van der Waals surface area (Å²) in [7, 11) is 0. The Labute approximate surface area is 130 Å². The Morgan fingerprint density at radius 1 is 1.45 bits per heavy atom. The average molecular weight is 298 g/mol. The number of nitrogens with two attached hydrogens (primary N) is 1. The predicted molar refractivity (Wildman–Crippen MR) is 87.2 cm³/mol. The molecular formula is C17H22N4O. The number of likely N-dealkylation sites (tertiary alicyclic amines) is 1. The number of pyridine rings is 1. The van der Waals surface area contributed by atoms with Crippen molar-refractivity contribution in [2.24, 2.45) is 5.73 Å². The highest BCUT2D eigenvalue weighted by atomic mass is 16.2. The van der Waals surface area contributed by atoms with E-state index in [0.717, 1.165) is 24.9 Å². The molecule has 0 saturated carbocycles. The summed E-state index contributed by atoms with van der Waals surface area (Å²) in [4.78, 5) is 18.6. The van der Waals surface area contributed by atoms with Crippen LogP contribution in [0.25, 0.3) is 10.8 Å². The van der Waals surface area contributed by atoms with Gasteiger partial charge in [0.1, 0.15) is 0 Å². The molecule has 0 unspecified atom stereocenters. The van der Waals surface area contributed by atoms with Gasteiger partial charge in [-0.1, -0.05) is 18.2 Å². The number of benzene rings is 1. The van der Waals surface area contributed by atoms with Crippen molar-refractivity contribution in [1.82, 2.24) is 15.2 Å². The molecular weight excluding hydrogens is 276 g/mol. The molecule has 0 spiro atoms. The normalized spacial score (nSPS) is 22.1. The molecule has 5 heteroatoms. The monoisotopic (exact) mass is 298 g/mol. The molecule has 2 heterocycles. The molecule has 0 aliphatic carbocycles. The van der Waals surface area contributed by atoms with Crippen LogP contribution in [0.1, 0.15) is 18.9 Å². The molecule has 0 radical (unpaired) electrons. The van der Waals surface area contributed by atoms with Crippen molar-refractivity contribution in [2.75, 3.05) is 13.1 Å². The first-order valence-corrected chi connectivity index (χ1v) is 7.78. The lowest BCUT2D eigenvalue weighted by molar-refractivity contribution is -0.125. The van der Waals surface area contributed by atoms with Crippen molar-refractivity contribution in [3.05, 3.63) is 42.2 Å². The first-order chi connectivity index (χ1) is 10.7. The molecule has 1 aromatic heterocycles. The number of aromatic nitrogens is 1. The summed E-state index contributed by atoms with van der Waals surface area (Å²) >= 11 is 0. The lowest BCUT2D eigenvalue weighted by atomic mass is 10.1. The van der Waals surface area contributed by atoms with E-state index in [1.807, 2.05) is 31.5 Å². The molecule has 1 saturated heterocycles. The quantitative estimate of drug-likeness (QED) is 0.892. The zero-order valence-electron chi connectivity index (χ0n) is 12.8. The van der Waals surface area contributed by atoms with Crippen LogP contribution in [0.15, 0.2) is 36.7 Å². The van der Waals surface area contributed by atoms with Crippen molar-refractivity contribution in [2.45, 2.75) is 32.0 Å². The summed E-state index contributed by atoms with van der Waals surface area (Å²) in [5.41, 5.74) is 7.30. The molecule has 3 rings (SSSR count). The van der Waals surface area contributed by atoms with Gasteiger partial charge >= 0.3 is 0 Å². The standard InChI is InChI=1S/C17H22N4O/c1-2-20-17(22)16-8-14(18)11-21(16)10-13-5-3-4-12-9-19-7-6-15(12)13/h3-7,9,14,16H,2,8,10-11,18H2,1H3,(H,20,22)/t14-,16+/m1/s1. The number of fused-ring (bicyclic) bond motifs is 1. The van der Waals surface area contributed by atoms with Gasteiger partial charge in [0.15, 0.2) is 0 Å². The minimum atomic E-state index is -0.132. The number of hydrogen-bond donors (Lipinski definition) is 2. The Hall–Kier alpha value is -1.98. The van der Waals surface area contributed by atoms with Crippen molar-refractivity contribution in [3.63, 3.8) is 0 Å². The van der Waals surface area contributed by atoms with Gasteiger partial charge < -0.3 is 11.1 Å². The molecule has 1 aromatic carbocycles. The van der Waals surface area contributed by atoms with E-state index in [0.29, 0.717) is 6.54 Å². The third-order valence-corrected chi connectivity index (χ3v) is 4.23. The fourth-order valence-electron chi connectivity index (χ4n) is 3.22. The van der Waals surface area contributed by atoms with E-state index >= 15 is 0 Å². The number of rotatable bonds is 4. The summed E-state index contributed by atoms with van der Waals surface area (Å²) in [5, 5.41) is 5.23. The maximum absolute atomic E-state index is 12.2. The maximum Gasteiger partial charge on any atom is 0.237 e. The summed E-state index contributed by atoms with van der Waals surface area (Å²) in [5.74, 6) is 0.0809. The maximum atomic E-state index is 12.2. The van der Waals surface area contributed by atoms with E-state index in [2.05, 4.69) is 27.3 Å². The molecule has 116 valence electrons. The minimum Gasteiger partial charge on any atom is -0.355 e. The highest BCUT2D eigenvalue weighted by Gasteiger charge is 2.34. The molecule has 3 N–H and O–H groups in total. The Morgan fingerprint density at radius 2 is 2.32 bits per heavy atom. The second-order valence-corrected chi connectivity index (χ2v) is 5.85. The summed E-state index contributed by atoms with van der Waals surface area (Å²) in [6, 6.07) is 8.17. The highest BCUT2D eigenvalue weighted by molar-refractivity contribution is 5.85. The predicted octanol–water partition coefficient (Wildman–Crippen LogP) is 1.27. The lowest BCUT2D eigenvalue weighted by Gasteiger charge is -2.24. The second-order valence-electron chi connectivity index (χ2n) is 5.85. The topological polar surface area (TPSA) is 71.2 Å². The number of nitrogens with zero attached hydrogens (tertiary/aromatic N) is 2. The Balaban J connectivity index is 1.85. The van der Waals surface area contributed by atoms with Crippen molar-refractivity contribution in [3.8, 4) is 0 Å². The first kappa shape index (κ1) is 14.9. The minimum absolute atomic E-state index is 0.0595. The number of likely N-dealkylation sites (N-methyl/N-ethyl adjacent to an activating group) is 1. The molecule has 5 nitrogen and oxygen atoms in total. The fraction of sp³-hybridized carbons (Fsp3) is 0.412. The van der Waals surface area contributed by atoms with Crippen molar-refractivity contribution < 1.29 is 4.79 Å². The summed E-state index contributed by atoms with van der Waals surface area (Å²) < 4.78 is 0. The molecule has 2 aromatic rings. The van der Waals surface area contributed by atoms with Gasteiger partial charge in [0, 0.05) is 43.5 Å². The Bertz CT molecular complexity index is 667. The van der Waals surface area contributed by atoms with E-state index in [9.17, 15) is 4.79 Å². The number of hydrogen-bond acceptors (Lipinski definition) is 4. The number of amides is 1. The molecule has 22 heavy (non-hydrogen) atoms.